The van der Waals surface area contributed by atoms with E-state index in [4.69, 9.17) is 0 Å². The molecule has 0 bridgehead atoms. The highest BCUT2D eigenvalue weighted by molar-refractivity contribution is 5.81. The van der Waals surface area contributed by atoms with Crippen molar-refractivity contribution in [3.8, 4) is 0 Å². The second-order valence-corrected chi connectivity index (χ2v) is 5.30. The van der Waals surface area contributed by atoms with Crippen molar-refractivity contribution in [2.45, 2.75) is 32.0 Å². The fourth-order valence-corrected chi connectivity index (χ4v) is 2.53. The van der Waals surface area contributed by atoms with Crippen LogP contribution in [0.25, 0.3) is 0 Å². The van der Waals surface area contributed by atoms with Gasteiger partial charge in [0.15, 0.2) is 6.17 Å². The number of likely N-dealkylation sites (N-methyl/N-ethyl adjacent to an activating group) is 1. The molecule has 2 N–H and O–H groups in total. The number of ether oxygens (including phenoxy) is 1. The zero-order valence-corrected chi connectivity index (χ0v) is 12.9. The summed E-state index contributed by atoms with van der Waals surface area (Å²) in [6.07, 6.45) is -0.833. The Labute approximate surface area is 123 Å². The minimum absolute atomic E-state index is 0.0393. The molecule has 1 unspecified atom stereocenters. The van der Waals surface area contributed by atoms with Crippen LogP contribution in [-0.4, -0.2) is 77.6 Å². The number of rotatable bonds is 4. The second-order valence-electron chi connectivity index (χ2n) is 5.30. The number of hydroxylamine groups is 2. The zero-order chi connectivity index (χ0) is 16.4. The fourth-order valence-electron chi connectivity index (χ4n) is 2.53. The van der Waals surface area contributed by atoms with Gasteiger partial charge >= 0.3 is 18.0 Å². The lowest BCUT2D eigenvalue weighted by Gasteiger charge is -2.37. The first-order valence-corrected chi connectivity index (χ1v) is 6.49. The number of esters is 1. The molecule has 1 aliphatic rings. The Bertz CT molecular complexity index is 439. The highest BCUT2D eigenvalue weighted by Gasteiger charge is 2.53. The molecule has 4 amide bonds. The molecule has 0 aromatic carbocycles. The maximum absolute atomic E-state index is 12.3. The van der Waals surface area contributed by atoms with Crippen LogP contribution in [0.2, 0.25) is 0 Å². The fraction of sp³-hybridized carbons (Fsp3) is 0.750. The number of hydrogen-bond donors (Lipinski definition) is 2. The van der Waals surface area contributed by atoms with Crippen LogP contribution in [0.4, 0.5) is 9.59 Å². The van der Waals surface area contributed by atoms with Gasteiger partial charge in [0.2, 0.25) is 0 Å². The normalized spacial score (nSPS) is 20.5. The monoisotopic (exact) mass is 302 g/mol. The van der Waals surface area contributed by atoms with Gasteiger partial charge in [0.1, 0.15) is 0 Å². The maximum Gasteiger partial charge on any atom is 0.342 e. The number of amides is 4. The SMILES string of the molecule is CNC(=O)N(O)C1N(C)C(=O)N(CCC(=O)OC)C1(C)C. The van der Waals surface area contributed by atoms with Crippen molar-refractivity contribution in [3.63, 3.8) is 0 Å². The van der Waals surface area contributed by atoms with Crippen molar-refractivity contribution in [1.82, 2.24) is 20.2 Å². The molecule has 0 aliphatic carbocycles. The van der Waals surface area contributed by atoms with Crippen LogP contribution >= 0.6 is 0 Å². The first-order chi connectivity index (χ1) is 9.68. The average molecular weight is 302 g/mol. The number of nitrogens with zero attached hydrogens (tertiary/aromatic N) is 3. The van der Waals surface area contributed by atoms with Gasteiger partial charge in [-0.25, -0.2) is 9.59 Å². The molecule has 0 saturated carbocycles. The summed E-state index contributed by atoms with van der Waals surface area (Å²) in [5, 5.41) is 12.8. The number of urea groups is 2. The predicted octanol–water partition coefficient (Wildman–Crippen LogP) is 0.0522. The average Bonchev–Trinajstić information content (AvgIpc) is 2.61. The molecule has 9 heteroatoms. The van der Waals surface area contributed by atoms with Gasteiger partial charge in [-0.15, -0.1) is 0 Å². The molecule has 0 spiro atoms. The molecule has 0 radical (unpaired) electrons. The summed E-state index contributed by atoms with van der Waals surface area (Å²) in [6.45, 7) is 3.56. The number of carbonyl (C=O) groups is 3. The van der Waals surface area contributed by atoms with Crippen molar-refractivity contribution < 1.29 is 24.3 Å². The van der Waals surface area contributed by atoms with Crippen molar-refractivity contribution in [2.75, 3.05) is 27.7 Å². The third-order valence-corrected chi connectivity index (χ3v) is 3.65. The van der Waals surface area contributed by atoms with E-state index in [-0.39, 0.29) is 19.0 Å². The largest absolute Gasteiger partial charge is 0.469 e. The Kier molecular flexibility index (Phi) is 5.00. The van der Waals surface area contributed by atoms with E-state index in [1.807, 2.05) is 0 Å². The molecule has 0 aromatic heterocycles. The number of carbonyl (C=O) groups excluding carboxylic acids is 3. The molecule has 9 nitrogen and oxygen atoms in total. The van der Waals surface area contributed by atoms with E-state index >= 15 is 0 Å². The van der Waals surface area contributed by atoms with E-state index in [1.54, 1.807) is 13.8 Å². The van der Waals surface area contributed by atoms with E-state index in [0.29, 0.717) is 5.06 Å². The Morgan fingerprint density at radius 1 is 1.48 bits per heavy atom. The van der Waals surface area contributed by atoms with E-state index < -0.39 is 23.7 Å². The molecule has 1 fully saturated rings. The summed E-state index contributed by atoms with van der Waals surface area (Å²) in [5.41, 5.74) is -0.874. The van der Waals surface area contributed by atoms with Crippen LogP contribution < -0.4 is 5.32 Å². The van der Waals surface area contributed by atoms with Crippen LogP contribution in [0, 0.1) is 0 Å². The van der Waals surface area contributed by atoms with Gasteiger partial charge in [-0.05, 0) is 13.8 Å². The van der Waals surface area contributed by atoms with Gasteiger partial charge < -0.3 is 19.9 Å². The third-order valence-electron chi connectivity index (χ3n) is 3.65. The van der Waals surface area contributed by atoms with E-state index in [2.05, 4.69) is 10.1 Å². The summed E-state index contributed by atoms with van der Waals surface area (Å²) >= 11 is 0. The molecule has 1 heterocycles. The van der Waals surface area contributed by atoms with Crippen LogP contribution in [0.1, 0.15) is 20.3 Å². The second kappa shape index (κ2) is 6.17. The molecule has 21 heavy (non-hydrogen) atoms. The first-order valence-electron chi connectivity index (χ1n) is 6.49. The third kappa shape index (κ3) is 3.02. The van der Waals surface area contributed by atoms with E-state index in [1.165, 1.54) is 31.0 Å². The lowest BCUT2D eigenvalue weighted by molar-refractivity contribution is -0.141. The predicted molar refractivity (Wildman–Crippen MR) is 72.4 cm³/mol. The highest BCUT2D eigenvalue weighted by Crippen LogP contribution is 2.33. The Morgan fingerprint density at radius 2 is 2.05 bits per heavy atom. The summed E-state index contributed by atoms with van der Waals surface area (Å²) in [6, 6.07) is -1.10. The van der Waals surface area contributed by atoms with E-state index in [0.717, 1.165) is 0 Å². The van der Waals surface area contributed by atoms with E-state index in [9.17, 15) is 19.6 Å². The smallest absolute Gasteiger partial charge is 0.342 e. The standard InChI is InChI=1S/C12H22N4O5/c1-12(2)9(16(20)10(18)13-3)14(4)11(19)15(12)7-6-8(17)21-5/h9,20H,6-7H2,1-5H3,(H,13,18). The molecular weight excluding hydrogens is 280 g/mol. The quantitative estimate of drug-likeness (QED) is 0.434. The van der Waals surface area contributed by atoms with Crippen LogP contribution in [0.3, 0.4) is 0 Å². The molecular formula is C12H22N4O5. The van der Waals surface area contributed by atoms with Crippen LogP contribution in [0.5, 0.6) is 0 Å². The highest BCUT2D eigenvalue weighted by atomic mass is 16.5. The van der Waals surface area contributed by atoms with Gasteiger partial charge in [-0.1, -0.05) is 0 Å². The Hall–Kier alpha value is -2.03. The molecule has 1 aliphatic heterocycles. The van der Waals surface area contributed by atoms with Crippen molar-refractivity contribution in [3.05, 3.63) is 0 Å². The van der Waals surface area contributed by atoms with Gasteiger partial charge in [0.05, 0.1) is 19.1 Å². The molecule has 0 aromatic rings. The van der Waals surface area contributed by atoms with Crippen molar-refractivity contribution in [2.24, 2.45) is 0 Å². The topological polar surface area (TPSA) is 102 Å². The van der Waals surface area contributed by atoms with Gasteiger partial charge in [0.25, 0.3) is 0 Å². The Morgan fingerprint density at radius 3 is 2.52 bits per heavy atom. The minimum atomic E-state index is -0.874. The van der Waals surface area contributed by atoms with Gasteiger partial charge in [0, 0.05) is 20.6 Å². The van der Waals surface area contributed by atoms with Gasteiger partial charge in [-0.3, -0.25) is 10.0 Å². The van der Waals surface area contributed by atoms with Crippen LogP contribution in [-0.2, 0) is 9.53 Å². The van der Waals surface area contributed by atoms with Crippen molar-refractivity contribution >= 4 is 18.0 Å². The molecule has 1 saturated heterocycles. The zero-order valence-electron chi connectivity index (χ0n) is 12.9. The maximum atomic E-state index is 12.3. The number of nitrogens with one attached hydrogen (secondary N) is 1. The first kappa shape index (κ1) is 17.0. The lowest BCUT2D eigenvalue weighted by atomic mass is 10.00. The number of hydrogen-bond acceptors (Lipinski definition) is 5. The number of methoxy groups -OCH3 is 1. The van der Waals surface area contributed by atoms with Crippen LogP contribution in [0.15, 0.2) is 0 Å². The molecule has 120 valence electrons. The summed E-state index contributed by atoms with van der Waals surface area (Å²) in [5.74, 6) is -0.433. The summed E-state index contributed by atoms with van der Waals surface area (Å²) in [4.78, 5) is 37.8. The summed E-state index contributed by atoms with van der Waals surface area (Å²) in [7, 11) is 4.14. The van der Waals surface area contributed by atoms with Gasteiger partial charge in [-0.2, -0.15) is 5.06 Å². The molecule has 1 atom stereocenters. The lowest BCUT2D eigenvalue weighted by Crippen LogP contribution is -2.58. The Balaban J connectivity index is 2.96. The molecule has 1 rings (SSSR count). The summed E-state index contributed by atoms with van der Waals surface area (Å²) < 4.78 is 4.56. The van der Waals surface area contributed by atoms with Crippen molar-refractivity contribution in [1.29, 1.82) is 0 Å². The minimum Gasteiger partial charge on any atom is -0.469 e.